The first-order chi connectivity index (χ1) is 9.74. The summed E-state index contributed by atoms with van der Waals surface area (Å²) in [6.07, 6.45) is 4.26. The molecule has 106 valence electrons. The van der Waals surface area contributed by atoms with Crippen molar-refractivity contribution in [1.82, 2.24) is 15.2 Å². The van der Waals surface area contributed by atoms with Crippen molar-refractivity contribution in [2.45, 2.75) is 30.6 Å². The van der Waals surface area contributed by atoms with E-state index in [0.717, 1.165) is 11.4 Å². The molecule has 3 N–H and O–H groups in total. The molecular weight excluding hydrogens is 268 g/mol. The molecule has 5 heteroatoms. The Kier molecular flexibility index (Phi) is 3.83. The maximum atomic E-state index is 5.87. The highest BCUT2D eigenvalue weighted by Crippen LogP contribution is 2.46. The Labute approximate surface area is 123 Å². The van der Waals surface area contributed by atoms with Crippen molar-refractivity contribution in [3.05, 3.63) is 48.3 Å². The van der Waals surface area contributed by atoms with Gasteiger partial charge in [-0.15, -0.1) is 0 Å². The van der Waals surface area contributed by atoms with Gasteiger partial charge in [-0.3, -0.25) is 11.3 Å². The number of hydrogen-bond acceptors (Lipinski definition) is 4. The van der Waals surface area contributed by atoms with Crippen molar-refractivity contribution in [3.8, 4) is 5.69 Å². The lowest BCUT2D eigenvalue weighted by Gasteiger charge is -2.33. The molecule has 2 unspecified atom stereocenters. The molecule has 3 rings (SSSR count). The second-order valence-electron chi connectivity index (χ2n) is 5.37. The molecule has 2 atom stereocenters. The number of rotatable bonds is 4. The minimum atomic E-state index is 0.0951. The summed E-state index contributed by atoms with van der Waals surface area (Å²) in [5.41, 5.74) is 5.21. The van der Waals surface area contributed by atoms with Crippen LogP contribution in [0.2, 0.25) is 0 Å². The Hall–Kier alpha value is -1.30. The highest BCUT2D eigenvalue weighted by atomic mass is 32.2. The van der Waals surface area contributed by atoms with Gasteiger partial charge < -0.3 is 0 Å². The van der Waals surface area contributed by atoms with E-state index in [1.165, 1.54) is 18.6 Å². The summed E-state index contributed by atoms with van der Waals surface area (Å²) >= 11 is 2.00. The third kappa shape index (κ3) is 2.37. The lowest BCUT2D eigenvalue weighted by molar-refractivity contribution is 0.405. The van der Waals surface area contributed by atoms with E-state index < -0.39 is 0 Å². The third-order valence-corrected chi connectivity index (χ3v) is 5.59. The van der Waals surface area contributed by atoms with Gasteiger partial charge in [0.1, 0.15) is 0 Å². The summed E-state index contributed by atoms with van der Waals surface area (Å²) in [5, 5.41) is 4.47. The number of hydrazine groups is 1. The molecule has 0 saturated carbocycles. The van der Waals surface area contributed by atoms with E-state index in [0.29, 0.717) is 0 Å². The number of nitrogens with one attached hydrogen (secondary N) is 1. The molecule has 1 aliphatic rings. The highest BCUT2D eigenvalue weighted by molar-refractivity contribution is 8.00. The topological polar surface area (TPSA) is 55.9 Å². The maximum absolute atomic E-state index is 5.87. The molecule has 0 bridgehead atoms. The summed E-state index contributed by atoms with van der Waals surface area (Å²) in [4.78, 5) is 0. The third-order valence-electron chi connectivity index (χ3n) is 4.00. The van der Waals surface area contributed by atoms with E-state index in [9.17, 15) is 0 Å². The molecule has 1 aliphatic heterocycles. The fourth-order valence-electron chi connectivity index (χ4n) is 2.92. The van der Waals surface area contributed by atoms with Gasteiger partial charge >= 0.3 is 0 Å². The standard InChI is InChI=1S/C15H20N4S/c1-15(9-5-11-20-15)14(18-16)13-8-10-17-19(13)12-6-3-2-4-7-12/h2-4,6-8,10,14,18H,5,9,11,16H2,1H3. The normalized spacial score (nSPS) is 23.9. The van der Waals surface area contributed by atoms with Gasteiger partial charge in [-0.05, 0) is 43.7 Å². The average molecular weight is 288 g/mol. The molecule has 0 spiro atoms. The first-order valence-electron chi connectivity index (χ1n) is 6.94. The van der Waals surface area contributed by atoms with Crippen LogP contribution >= 0.6 is 11.8 Å². The Morgan fingerprint density at radius 1 is 1.35 bits per heavy atom. The zero-order chi connectivity index (χ0) is 14.0. The minimum Gasteiger partial charge on any atom is -0.271 e. The van der Waals surface area contributed by atoms with E-state index in [1.54, 1.807) is 0 Å². The van der Waals surface area contributed by atoms with E-state index in [2.05, 4.69) is 35.6 Å². The molecule has 1 saturated heterocycles. The maximum Gasteiger partial charge on any atom is 0.0777 e. The summed E-state index contributed by atoms with van der Waals surface area (Å²) in [6.45, 7) is 2.29. The van der Waals surface area contributed by atoms with Crippen LogP contribution in [0.15, 0.2) is 42.6 Å². The van der Waals surface area contributed by atoms with Gasteiger partial charge in [0.2, 0.25) is 0 Å². The smallest absolute Gasteiger partial charge is 0.0777 e. The highest BCUT2D eigenvalue weighted by Gasteiger charge is 2.39. The molecular formula is C15H20N4S. The predicted octanol–water partition coefficient (Wildman–Crippen LogP) is 2.66. The quantitative estimate of drug-likeness (QED) is 0.671. The summed E-state index contributed by atoms with van der Waals surface area (Å²) in [6, 6.07) is 12.3. The van der Waals surface area contributed by atoms with Gasteiger partial charge in [0.05, 0.1) is 17.4 Å². The van der Waals surface area contributed by atoms with Gasteiger partial charge in [-0.2, -0.15) is 16.9 Å². The molecule has 2 heterocycles. The van der Waals surface area contributed by atoms with Gasteiger partial charge in [-0.25, -0.2) is 4.68 Å². The van der Waals surface area contributed by atoms with Gasteiger partial charge in [-0.1, -0.05) is 18.2 Å². The van der Waals surface area contributed by atoms with Crippen LogP contribution in [0.1, 0.15) is 31.5 Å². The van der Waals surface area contributed by atoms with Crippen molar-refractivity contribution in [2.75, 3.05) is 5.75 Å². The van der Waals surface area contributed by atoms with Gasteiger partial charge in [0, 0.05) is 10.9 Å². The second-order valence-corrected chi connectivity index (χ2v) is 7.00. The minimum absolute atomic E-state index is 0.0951. The fraction of sp³-hybridized carbons (Fsp3) is 0.400. The average Bonchev–Trinajstić information content (AvgIpc) is 3.11. The molecule has 1 fully saturated rings. The van der Waals surface area contributed by atoms with Crippen LogP contribution in [-0.4, -0.2) is 20.3 Å². The number of para-hydroxylation sites is 1. The predicted molar refractivity (Wildman–Crippen MR) is 83.7 cm³/mol. The van der Waals surface area contributed by atoms with Gasteiger partial charge in [0.15, 0.2) is 0 Å². The second kappa shape index (κ2) is 5.60. The van der Waals surface area contributed by atoms with E-state index >= 15 is 0 Å². The van der Waals surface area contributed by atoms with Crippen molar-refractivity contribution in [3.63, 3.8) is 0 Å². The lowest BCUT2D eigenvalue weighted by Crippen LogP contribution is -2.42. The first kappa shape index (κ1) is 13.7. The van der Waals surface area contributed by atoms with E-state index in [4.69, 9.17) is 5.84 Å². The summed E-state index contributed by atoms with van der Waals surface area (Å²) in [5.74, 6) is 7.07. The Bertz CT molecular complexity index is 560. The monoisotopic (exact) mass is 288 g/mol. The molecule has 1 aromatic heterocycles. The largest absolute Gasteiger partial charge is 0.271 e. The molecule has 0 amide bonds. The summed E-state index contributed by atoms with van der Waals surface area (Å²) in [7, 11) is 0. The number of thioether (sulfide) groups is 1. The summed E-state index contributed by atoms with van der Waals surface area (Å²) < 4.78 is 2.11. The molecule has 0 aliphatic carbocycles. The van der Waals surface area contributed by atoms with Gasteiger partial charge in [0.25, 0.3) is 0 Å². The zero-order valence-electron chi connectivity index (χ0n) is 11.6. The number of hydrogen-bond donors (Lipinski definition) is 2. The van der Waals surface area contributed by atoms with Crippen LogP contribution < -0.4 is 11.3 Å². The number of nitrogens with two attached hydrogens (primary N) is 1. The van der Waals surface area contributed by atoms with Crippen LogP contribution in [0.25, 0.3) is 5.69 Å². The van der Waals surface area contributed by atoms with Crippen LogP contribution in [0, 0.1) is 0 Å². The lowest BCUT2D eigenvalue weighted by atomic mass is 9.94. The molecule has 4 nitrogen and oxygen atoms in total. The van der Waals surface area contributed by atoms with Crippen molar-refractivity contribution >= 4 is 11.8 Å². The van der Waals surface area contributed by atoms with Crippen molar-refractivity contribution < 1.29 is 0 Å². The molecule has 0 radical (unpaired) electrons. The van der Waals surface area contributed by atoms with Crippen LogP contribution in [0.3, 0.4) is 0 Å². The fourth-order valence-corrected chi connectivity index (χ4v) is 4.32. The number of nitrogens with zero attached hydrogens (tertiary/aromatic N) is 2. The Morgan fingerprint density at radius 2 is 2.15 bits per heavy atom. The number of aromatic nitrogens is 2. The van der Waals surface area contributed by atoms with Crippen LogP contribution in [-0.2, 0) is 0 Å². The molecule has 1 aromatic carbocycles. The number of benzene rings is 1. The van der Waals surface area contributed by atoms with E-state index in [-0.39, 0.29) is 10.8 Å². The molecule has 2 aromatic rings. The van der Waals surface area contributed by atoms with Crippen LogP contribution in [0.4, 0.5) is 0 Å². The van der Waals surface area contributed by atoms with Crippen molar-refractivity contribution in [1.29, 1.82) is 0 Å². The Morgan fingerprint density at radius 3 is 2.80 bits per heavy atom. The SMILES string of the molecule is CC1(C(NN)c2ccnn2-c2ccccc2)CCCS1. The van der Waals surface area contributed by atoms with Crippen LogP contribution in [0.5, 0.6) is 0 Å². The Balaban J connectivity index is 2.00. The van der Waals surface area contributed by atoms with Crippen molar-refractivity contribution in [2.24, 2.45) is 5.84 Å². The first-order valence-corrected chi connectivity index (χ1v) is 7.92. The van der Waals surface area contributed by atoms with E-state index in [1.807, 2.05) is 40.8 Å². The zero-order valence-corrected chi connectivity index (χ0v) is 12.4. The molecule has 20 heavy (non-hydrogen) atoms.